The molecule has 0 fully saturated rings. The van der Waals surface area contributed by atoms with E-state index in [1.165, 1.54) is 11.8 Å². The van der Waals surface area contributed by atoms with Crippen molar-refractivity contribution >= 4 is 34.2 Å². The van der Waals surface area contributed by atoms with Crippen LogP contribution in [0.2, 0.25) is 0 Å². The molecule has 8 heteroatoms. The molecule has 136 valence electrons. The largest absolute Gasteiger partial charge is 0.454 e. The first-order valence-electron chi connectivity index (χ1n) is 8.50. The number of carbonyl (C=O) groups is 1. The molecule has 7 nitrogen and oxygen atoms in total. The standard InChI is InChI=1S/C19H16N4O3S/c24-18(21-12-5-6-16-17(9-12)26-11-25-16)10-27-19-22-14-4-2-1-3-13(14)15-7-8-20-23(15)19/h1-9,15,20H,10-11H2,(H,21,24)/t15-/m1/s1. The summed E-state index contributed by atoms with van der Waals surface area (Å²) in [5.41, 5.74) is 5.95. The Bertz CT molecular complexity index is 975. The molecule has 27 heavy (non-hydrogen) atoms. The molecule has 0 radical (unpaired) electrons. The van der Waals surface area contributed by atoms with E-state index >= 15 is 0 Å². The lowest BCUT2D eigenvalue weighted by Crippen LogP contribution is -2.39. The maximum absolute atomic E-state index is 12.4. The smallest absolute Gasteiger partial charge is 0.234 e. The Morgan fingerprint density at radius 3 is 3.11 bits per heavy atom. The molecule has 0 aromatic heterocycles. The molecule has 3 aliphatic heterocycles. The minimum Gasteiger partial charge on any atom is -0.454 e. The molecule has 0 bridgehead atoms. The number of benzene rings is 2. The number of amidine groups is 1. The predicted molar refractivity (Wildman–Crippen MR) is 104 cm³/mol. The van der Waals surface area contributed by atoms with Crippen molar-refractivity contribution < 1.29 is 14.3 Å². The fourth-order valence-electron chi connectivity index (χ4n) is 3.20. The zero-order valence-corrected chi connectivity index (χ0v) is 15.0. The van der Waals surface area contributed by atoms with Crippen molar-refractivity contribution in [2.24, 2.45) is 4.99 Å². The predicted octanol–water partition coefficient (Wildman–Crippen LogP) is 3.16. The van der Waals surface area contributed by atoms with E-state index in [-0.39, 0.29) is 24.5 Å². The van der Waals surface area contributed by atoms with Crippen molar-refractivity contribution in [2.45, 2.75) is 6.04 Å². The molecule has 5 rings (SSSR count). The van der Waals surface area contributed by atoms with Gasteiger partial charge in [-0.05, 0) is 24.3 Å². The summed E-state index contributed by atoms with van der Waals surface area (Å²) in [6.45, 7) is 0.210. The monoisotopic (exact) mass is 380 g/mol. The third-order valence-electron chi connectivity index (χ3n) is 4.44. The minimum absolute atomic E-state index is 0.0955. The van der Waals surface area contributed by atoms with Crippen molar-refractivity contribution in [1.29, 1.82) is 0 Å². The van der Waals surface area contributed by atoms with Gasteiger partial charge in [-0.3, -0.25) is 9.80 Å². The zero-order valence-electron chi connectivity index (χ0n) is 14.2. The van der Waals surface area contributed by atoms with E-state index in [4.69, 9.17) is 14.5 Å². The lowest BCUT2D eigenvalue weighted by Gasteiger charge is -2.31. The second kappa shape index (κ2) is 6.55. The van der Waals surface area contributed by atoms with Crippen molar-refractivity contribution in [3.8, 4) is 11.5 Å². The van der Waals surface area contributed by atoms with Gasteiger partial charge in [-0.25, -0.2) is 4.99 Å². The number of rotatable bonds is 3. The van der Waals surface area contributed by atoms with E-state index in [9.17, 15) is 4.79 Å². The van der Waals surface area contributed by atoms with E-state index < -0.39 is 0 Å². The number of hydrogen-bond acceptors (Lipinski definition) is 7. The number of amides is 1. The summed E-state index contributed by atoms with van der Waals surface area (Å²) in [5.74, 6) is 1.48. The van der Waals surface area contributed by atoms with Crippen molar-refractivity contribution in [3.05, 3.63) is 60.3 Å². The first kappa shape index (κ1) is 16.1. The number of anilines is 1. The summed E-state index contributed by atoms with van der Waals surface area (Å²) in [6.07, 6.45) is 3.98. The highest BCUT2D eigenvalue weighted by Crippen LogP contribution is 2.38. The zero-order chi connectivity index (χ0) is 18.2. The highest BCUT2D eigenvalue weighted by molar-refractivity contribution is 8.14. The van der Waals surface area contributed by atoms with Crippen LogP contribution in [0, 0.1) is 0 Å². The molecule has 0 unspecified atom stereocenters. The van der Waals surface area contributed by atoms with Gasteiger partial charge in [-0.2, -0.15) is 0 Å². The second-order valence-corrected chi connectivity index (χ2v) is 7.10. The number of fused-ring (bicyclic) bond motifs is 4. The van der Waals surface area contributed by atoms with Crippen LogP contribution >= 0.6 is 11.8 Å². The fraction of sp³-hybridized carbons (Fsp3) is 0.158. The van der Waals surface area contributed by atoms with E-state index in [2.05, 4.69) is 22.9 Å². The molecular formula is C19H16N4O3S. The Kier molecular flexibility index (Phi) is 3.90. The normalized spacial score (nSPS) is 18.4. The maximum Gasteiger partial charge on any atom is 0.234 e. The number of thioether (sulfide) groups is 1. The molecule has 3 heterocycles. The molecule has 0 spiro atoms. The summed E-state index contributed by atoms with van der Waals surface area (Å²) in [4.78, 5) is 17.1. The van der Waals surface area contributed by atoms with Gasteiger partial charge in [0.2, 0.25) is 12.7 Å². The first-order valence-corrected chi connectivity index (χ1v) is 9.48. The van der Waals surface area contributed by atoms with Gasteiger partial charge in [0.15, 0.2) is 16.7 Å². The average molecular weight is 380 g/mol. The van der Waals surface area contributed by atoms with E-state index in [0.29, 0.717) is 17.2 Å². The number of nitrogens with one attached hydrogen (secondary N) is 2. The van der Waals surface area contributed by atoms with E-state index in [1.807, 2.05) is 29.4 Å². The molecule has 1 amide bonds. The Morgan fingerprint density at radius 2 is 2.15 bits per heavy atom. The van der Waals surface area contributed by atoms with E-state index in [0.717, 1.165) is 16.4 Å². The second-order valence-electron chi connectivity index (χ2n) is 6.16. The Hall–Kier alpha value is -3.13. The molecule has 0 saturated heterocycles. The Morgan fingerprint density at radius 1 is 1.26 bits per heavy atom. The summed E-state index contributed by atoms with van der Waals surface area (Å²) in [5, 5.41) is 5.63. The van der Waals surface area contributed by atoms with Gasteiger partial charge < -0.3 is 20.2 Å². The van der Waals surface area contributed by atoms with Gasteiger partial charge in [-0.15, -0.1) is 0 Å². The van der Waals surface area contributed by atoms with Crippen LogP contribution in [0.3, 0.4) is 0 Å². The van der Waals surface area contributed by atoms with Gasteiger partial charge >= 0.3 is 0 Å². The summed E-state index contributed by atoms with van der Waals surface area (Å²) >= 11 is 1.40. The molecule has 0 saturated carbocycles. The summed E-state index contributed by atoms with van der Waals surface area (Å²) in [7, 11) is 0. The molecule has 1 atom stereocenters. The van der Waals surface area contributed by atoms with Gasteiger partial charge in [0.25, 0.3) is 0 Å². The molecule has 0 aliphatic carbocycles. The molecular weight excluding hydrogens is 364 g/mol. The quantitative estimate of drug-likeness (QED) is 0.852. The maximum atomic E-state index is 12.4. The number of ether oxygens (including phenoxy) is 2. The lowest BCUT2D eigenvalue weighted by molar-refractivity contribution is -0.113. The summed E-state index contributed by atoms with van der Waals surface area (Å²) in [6, 6.07) is 13.5. The molecule has 2 aromatic rings. The van der Waals surface area contributed by atoms with Crippen molar-refractivity contribution in [2.75, 3.05) is 17.9 Å². The number of nitrogens with zero attached hydrogens (tertiary/aromatic N) is 2. The number of hydrogen-bond donors (Lipinski definition) is 2. The average Bonchev–Trinajstić information content (AvgIpc) is 3.35. The van der Waals surface area contributed by atoms with Crippen LogP contribution in [0.5, 0.6) is 11.5 Å². The van der Waals surface area contributed by atoms with Crippen LogP contribution in [-0.4, -0.2) is 28.6 Å². The Balaban J connectivity index is 1.27. The lowest BCUT2D eigenvalue weighted by atomic mass is 10.0. The topological polar surface area (TPSA) is 75.2 Å². The molecule has 3 aliphatic rings. The minimum atomic E-state index is -0.107. The van der Waals surface area contributed by atoms with Gasteiger partial charge in [0, 0.05) is 23.5 Å². The van der Waals surface area contributed by atoms with Crippen LogP contribution in [0.1, 0.15) is 11.6 Å². The van der Waals surface area contributed by atoms with Crippen LogP contribution in [0.25, 0.3) is 0 Å². The van der Waals surface area contributed by atoms with Gasteiger partial charge in [-0.1, -0.05) is 30.0 Å². The van der Waals surface area contributed by atoms with Crippen LogP contribution in [-0.2, 0) is 4.79 Å². The third kappa shape index (κ3) is 2.97. The fourth-order valence-corrected chi connectivity index (χ4v) is 4.00. The molecule has 2 N–H and O–H groups in total. The van der Waals surface area contributed by atoms with Gasteiger partial charge in [0.05, 0.1) is 17.5 Å². The van der Waals surface area contributed by atoms with Crippen molar-refractivity contribution in [1.82, 2.24) is 10.4 Å². The van der Waals surface area contributed by atoms with Crippen molar-refractivity contribution in [3.63, 3.8) is 0 Å². The van der Waals surface area contributed by atoms with Crippen LogP contribution < -0.4 is 20.2 Å². The van der Waals surface area contributed by atoms with E-state index in [1.54, 1.807) is 18.2 Å². The van der Waals surface area contributed by atoms with Crippen LogP contribution in [0.15, 0.2) is 59.7 Å². The number of para-hydroxylation sites is 1. The highest BCUT2D eigenvalue weighted by atomic mass is 32.2. The van der Waals surface area contributed by atoms with Crippen LogP contribution in [0.4, 0.5) is 11.4 Å². The third-order valence-corrected chi connectivity index (χ3v) is 5.39. The first-order chi connectivity index (χ1) is 13.3. The summed E-state index contributed by atoms with van der Waals surface area (Å²) < 4.78 is 10.6. The number of aliphatic imine (C=N–C) groups is 1. The highest BCUT2D eigenvalue weighted by Gasteiger charge is 2.31. The number of hydrazine groups is 1. The number of carbonyl (C=O) groups excluding carboxylic acids is 1. The van der Waals surface area contributed by atoms with Gasteiger partial charge in [0.1, 0.15) is 0 Å². The SMILES string of the molecule is O=C(CSC1=Nc2ccccc2[C@H]2C=CNN12)Nc1ccc2c(c1)OCO2. The molecule has 2 aromatic carbocycles. The Labute approximate surface area is 160 Å².